The lowest BCUT2D eigenvalue weighted by atomic mass is 9.89. The van der Waals surface area contributed by atoms with E-state index in [2.05, 4.69) is 37.8 Å². The fourth-order valence-corrected chi connectivity index (χ4v) is 3.63. The van der Waals surface area contributed by atoms with Gasteiger partial charge in [0.15, 0.2) is 0 Å². The number of nitrogens with zero attached hydrogens (tertiary/aromatic N) is 1. The lowest BCUT2D eigenvalue weighted by molar-refractivity contribution is -0.0118. The Bertz CT molecular complexity index is 492. The van der Waals surface area contributed by atoms with Crippen molar-refractivity contribution >= 4 is 0 Å². The largest absolute Gasteiger partial charge is 0.490 e. The van der Waals surface area contributed by atoms with E-state index in [4.69, 9.17) is 4.74 Å². The number of aryl methyl sites for hydroxylation is 2. The highest BCUT2D eigenvalue weighted by Gasteiger charge is 2.36. The quantitative estimate of drug-likeness (QED) is 0.855. The van der Waals surface area contributed by atoms with Gasteiger partial charge in [0.05, 0.1) is 6.04 Å². The third-order valence-corrected chi connectivity index (χ3v) is 4.77. The Labute approximate surface area is 121 Å². The molecule has 110 valence electrons. The minimum absolute atomic E-state index is 0.104. The molecule has 3 rings (SSSR count). The van der Waals surface area contributed by atoms with E-state index in [0.717, 1.165) is 24.8 Å². The Hall–Kier alpha value is -1.06. The summed E-state index contributed by atoms with van der Waals surface area (Å²) in [6, 6.07) is 4.40. The van der Waals surface area contributed by atoms with E-state index in [0.29, 0.717) is 6.61 Å². The first-order valence-corrected chi connectivity index (χ1v) is 7.72. The summed E-state index contributed by atoms with van der Waals surface area (Å²) in [7, 11) is 0. The molecule has 0 spiro atoms. The normalized spacial score (nSPS) is 28.0. The molecule has 2 atom stereocenters. The van der Waals surface area contributed by atoms with E-state index in [9.17, 15) is 5.11 Å². The van der Waals surface area contributed by atoms with Gasteiger partial charge < -0.3 is 9.84 Å². The van der Waals surface area contributed by atoms with Crippen LogP contribution < -0.4 is 4.74 Å². The zero-order valence-corrected chi connectivity index (χ0v) is 12.7. The average Bonchev–Trinajstić information content (AvgIpc) is 2.40. The molecule has 0 amide bonds. The number of hydrogen-bond donors (Lipinski definition) is 1. The minimum Gasteiger partial charge on any atom is -0.490 e. The van der Waals surface area contributed by atoms with Gasteiger partial charge in [0, 0.05) is 5.56 Å². The van der Waals surface area contributed by atoms with E-state index >= 15 is 0 Å². The summed E-state index contributed by atoms with van der Waals surface area (Å²) < 4.78 is 5.76. The summed E-state index contributed by atoms with van der Waals surface area (Å²) in [6.45, 7) is 9.12. The smallest absolute Gasteiger partial charge is 0.124 e. The summed E-state index contributed by atoms with van der Waals surface area (Å²) in [4.78, 5) is 2.45. The standard InChI is InChI=1S/C17H25NO2/c1-11-4-6-18(7-5-11)17-14(19)10-20-15-9-12(2)8-13(3)16(15)17/h8-9,11,14,17,19H,4-7,10H2,1-3H3. The first-order valence-electron chi connectivity index (χ1n) is 7.72. The number of aliphatic hydroxyl groups is 1. The summed E-state index contributed by atoms with van der Waals surface area (Å²) >= 11 is 0. The van der Waals surface area contributed by atoms with Gasteiger partial charge in [-0.25, -0.2) is 0 Å². The van der Waals surface area contributed by atoms with Gasteiger partial charge in [0.2, 0.25) is 0 Å². The Morgan fingerprint density at radius 3 is 2.60 bits per heavy atom. The molecule has 3 nitrogen and oxygen atoms in total. The number of piperidine rings is 1. The van der Waals surface area contributed by atoms with E-state index in [1.807, 2.05) is 0 Å². The molecule has 1 N–H and O–H groups in total. The second kappa shape index (κ2) is 5.38. The van der Waals surface area contributed by atoms with Crippen molar-refractivity contribution in [2.45, 2.75) is 45.8 Å². The molecule has 3 heteroatoms. The van der Waals surface area contributed by atoms with Gasteiger partial charge >= 0.3 is 0 Å². The van der Waals surface area contributed by atoms with Gasteiger partial charge in [-0.3, -0.25) is 4.90 Å². The van der Waals surface area contributed by atoms with Crippen LogP contribution >= 0.6 is 0 Å². The van der Waals surface area contributed by atoms with Crippen LogP contribution in [0.1, 0.15) is 42.5 Å². The monoisotopic (exact) mass is 275 g/mol. The van der Waals surface area contributed by atoms with Gasteiger partial charge in [0.25, 0.3) is 0 Å². The second-order valence-electron chi connectivity index (χ2n) is 6.54. The van der Waals surface area contributed by atoms with Crippen LogP contribution in [0.5, 0.6) is 5.75 Å². The SMILES string of the molecule is Cc1cc(C)c2c(c1)OCC(O)C2N1CCC(C)CC1. The van der Waals surface area contributed by atoms with Crippen molar-refractivity contribution in [1.29, 1.82) is 0 Å². The molecule has 2 aliphatic heterocycles. The maximum absolute atomic E-state index is 10.5. The second-order valence-corrected chi connectivity index (χ2v) is 6.54. The summed E-state index contributed by atoms with van der Waals surface area (Å²) in [5.74, 6) is 1.78. The number of rotatable bonds is 1. The lowest BCUT2D eigenvalue weighted by Gasteiger charge is -2.42. The molecule has 0 bridgehead atoms. The van der Waals surface area contributed by atoms with Crippen LogP contribution in [0.25, 0.3) is 0 Å². The van der Waals surface area contributed by atoms with Crippen LogP contribution in [0.2, 0.25) is 0 Å². The molecular weight excluding hydrogens is 250 g/mol. The third kappa shape index (κ3) is 2.45. The van der Waals surface area contributed by atoms with Crippen LogP contribution in [0, 0.1) is 19.8 Å². The third-order valence-electron chi connectivity index (χ3n) is 4.77. The van der Waals surface area contributed by atoms with Crippen molar-refractivity contribution in [3.05, 3.63) is 28.8 Å². The van der Waals surface area contributed by atoms with Crippen LogP contribution in [0.3, 0.4) is 0 Å². The molecule has 0 aromatic heterocycles. The van der Waals surface area contributed by atoms with Crippen molar-refractivity contribution in [3.63, 3.8) is 0 Å². The summed E-state index contributed by atoms with van der Waals surface area (Å²) in [6.07, 6.45) is 2.03. The molecule has 2 unspecified atom stereocenters. The maximum Gasteiger partial charge on any atom is 0.124 e. The first-order chi connectivity index (χ1) is 9.56. The van der Waals surface area contributed by atoms with Gasteiger partial charge in [0.1, 0.15) is 18.5 Å². The van der Waals surface area contributed by atoms with Gasteiger partial charge in [-0.1, -0.05) is 13.0 Å². The molecule has 1 aromatic carbocycles. The minimum atomic E-state index is -0.419. The Morgan fingerprint density at radius 2 is 1.90 bits per heavy atom. The number of ether oxygens (including phenoxy) is 1. The predicted octanol–water partition coefficient (Wildman–Crippen LogP) is 2.83. The average molecular weight is 275 g/mol. The maximum atomic E-state index is 10.5. The van der Waals surface area contributed by atoms with Crippen molar-refractivity contribution < 1.29 is 9.84 Å². The fourth-order valence-electron chi connectivity index (χ4n) is 3.63. The number of likely N-dealkylation sites (tertiary alicyclic amines) is 1. The zero-order chi connectivity index (χ0) is 14.3. The van der Waals surface area contributed by atoms with Crippen molar-refractivity contribution in [1.82, 2.24) is 4.90 Å². The Kier molecular flexibility index (Phi) is 3.74. The highest BCUT2D eigenvalue weighted by atomic mass is 16.5. The molecular formula is C17H25NO2. The number of hydrogen-bond acceptors (Lipinski definition) is 3. The van der Waals surface area contributed by atoms with E-state index in [-0.39, 0.29) is 6.04 Å². The van der Waals surface area contributed by atoms with E-state index < -0.39 is 6.10 Å². The predicted molar refractivity (Wildman–Crippen MR) is 80.1 cm³/mol. The Morgan fingerprint density at radius 1 is 1.20 bits per heavy atom. The van der Waals surface area contributed by atoms with E-state index in [1.165, 1.54) is 29.5 Å². The molecule has 0 radical (unpaired) electrons. The molecule has 1 aromatic rings. The van der Waals surface area contributed by atoms with Crippen molar-refractivity contribution in [2.24, 2.45) is 5.92 Å². The topological polar surface area (TPSA) is 32.7 Å². The fraction of sp³-hybridized carbons (Fsp3) is 0.647. The van der Waals surface area contributed by atoms with E-state index in [1.54, 1.807) is 0 Å². The summed E-state index contributed by atoms with van der Waals surface area (Å²) in [5, 5.41) is 10.5. The van der Waals surface area contributed by atoms with Gasteiger partial charge in [-0.2, -0.15) is 0 Å². The molecule has 1 fully saturated rings. The zero-order valence-electron chi connectivity index (χ0n) is 12.7. The highest BCUT2D eigenvalue weighted by Crippen LogP contribution is 2.40. The lowest BCUT2D eigenvalue weighted by Crippen LogP contribution is -2.45. The summed E-state index contributed by atoms with van der Waals surface area (Å²) in [5.41, 5.74) is 3.66. The number of fused-ring (bicyclic) bond motifs is 1. The first kappa shape index (κ1) is 13.9. The van der Waals surface area contributed by atoms with Gasteiger partial charge in [-0.05, 0) is 62.9 Å². The van der Waals surface area contributed by atoms with Crippen molar-refractivity contribution in [2.75, 3.05) is 19.7 Å². The molecule has 20 heavy (non-hydrogen) atoms. The van der Waals surface area contributed by atoms with Crippen molar-refractivity contribution in [3.8, 4) is 5.75 Å². The van der Waals surface area contributed by atoms with Crippen LogP contribution in [0.4, 0.5) is 0 Å². The number of benzene rings is 1. The molecule has 0 saturated carbocycles. The Balaban J connectivity index is 1.95. The van der Waals surface area contributed by atoms with Crippen LogP contribution in [-0.2, 0) is 0 Å². The number of aliphatic hydroxyl groups excluding tert-OH is 1. The molecule has 1 saturated heterocycles. The van der Waals surface area contributed by atoms with Gasteiger partial charge in [-0.15, -0.1) is 0 Å². The van der Waals surface area contributed by atoms with Crippen LogP contribution in [0.15, 0.2) is 12.1 Å². The highest BCUT2D eigenvalue weighted by molar-refractivity contribution is 5.47. The molecule has 2 aliphatic rings. The molecule has 0 aliphatic carbocycles. The van der Waals surface area contributed by atoms with Crippen LogP contribution in [-0.4, -0.2) is 35.8 Å². The molecule has 2 heterocycles.